The van der Waals surface area contributed by atoms with E-state index < -0.39 is 0 Å². The summed E-state index contributed by atoms with van der Waals surface area (Å²) in [5.74, 6) is 0.889. The topological polar surface area (TPSA) is 19.0 Å². The number of H-pyrrole nitrogens is 1. The Bertz CT molecular complexity index is 228. The predicted molar refractivity (Wildman–Crippen MR) is 49.9 cm³/mol. The number of nitrogens with zero attached hydrogens (tertiary/aromatic N) is 1. The van der Waals surface area contributed by atoms with Gasteiger partial charge in [0.15, 0.2) is 0 Å². The minimum Gasteiger partial charge on any atom is -0.364 e. The molecule has 0 bridgehead atoms. The van der Waals surface area contributed by atoms with Crippen molar-refractivity contribution >= 4 is 0 Å². The third-order valence-corrected chi connectivity index (χ3v) is 2.56. The highest BCUT2D eigenvalue weighted by atomic mass is 15.1. The van der Waals surface area contributed by atoms with E-state index in [0.29, 0.717) is 0 Å². The fourth-order valence-electron chi connectivity index (χ4n) is 1.88. The van der Waals surface area contributed by atoms with Crippen LogP contribution in [0, 0.1) is 5.92 Å². The Morgan fingerprint density at radius 2 is 2.58 bits per heavy atom. The molecule has 0 spiro atoms. The molecule has 1 unspecified atom stereocenters. The van der Waals surface area contributed by atoms with Gasteiger partial charge < -0.3 is 4.98 Å². The Labute approximate surface area is 73.6 Å². The number of hydrogen-bond donors (Lipinski definition) is 1. The molecule has 1 saturated heterocycles. The average molecular weight is 164 g/mol. The monoisotopic (exact) mass is 164 g/mol. The zero-order chi connectivity index (χ0) is 8.39. The van der Waals surface area contributed by atoms with E-state index in [1.165, 1.54) is 25.2 Å². The maximum absolute atomic E-state index is 3.24. The van der Waals surface area contributed by atoms with Crippen LogP contribution in [0.1, 0.15) is 19.0 Å². The summed E-state index contributed by atoms with van der Waals surface area (Å²) in [6.07, 6.45) is 3.36. The molecule has 2 nitrogen and oxygen atoms in total. The number of aromatic nitrogens is 1. The van der Waals surface area contributed by atoms with Crippen LogP contribution in [-0.4, -0.2) is 23.0 Å². The van der Waals surface area contributed by atoms with Gasteiger partial charge in [-0.05, 0) is 31.0 Å². The van der Waals surface area contributed by atoms with Crippen LogP contribution in [0.5, 0.6) is 0 Å². The first kappa shape index (κ1) is 7.87. The highest BCUT2D eigenvalue weighted by Gasteiger charge is 2.18. The summed E-state index contributed by atoms with van der Waals surface area (Å²) in [5.41, 5.74) is 1.34. The Balaban J connectivity index is 1.88. The van der Waals surface area contributed by atoms with Crippen LogP contribution in [0.25, 0.3) is 0 Å². The average Bonchev–Trinajstić information content (AvgIpc) is 2.63. The van der Waals surface area contributed by atoms with Gasteiger partial charge in [-0.2, -0.15) is 0 Å². The Morgan fingerprint density at radius 1 is 1.67 bits per heavy atom. The van der Waals surface area contributed by atoms with Crippen molar-refractivity contribution in [2.45, 2.75) is 19.9 Å². The number of rotatable bonds is 2. The molecule has 0 aliphatic carbocycles. The Kier molecular flexibility index (Phi) is 2.17. The number of aromatic amines is 1. The highest BCUT2D eigenvalue weighted by molar-refractivity contribution is 5.03. The van der Waals surface area contributed by atoms with Crippen molar-refractivity contribution in [1.82, 2.24) is 9.88 Å². The molecule has 1 aromatic rings. The second-order valence-electron chi connectivity index (χ2n) is 3.82. The molecular formula is C10H16N2. The van der Waals surface area contributed by atoms with Crippen LogP contribution < -0.4 is 0 Å². The van der Waals surface area contributed by atoms with Gasteiger partial charge in [0.05, 0.1) is 0 Å². The van der Waals surface area contributed by atoms with Gasteiger partial charge in [-0.25, -0.2) is 0 Å². The lowest BCUT2D eigenvalue weighted by atomic mass is 10.2. The van der Waals surface area contributed by atoms with E-state index in [1.807, 2.05) is 6.20 Å². The molecule has 1 aliphatic heterocycles. The van der Waals surface area contributed by atoms with E-state index >= 15 is 0 Å². The molecule has 2 heterocycles. The SMILES string of the molecule is CC1CCN(Cc2ccc[nH]2)C1. The van der Waals surface area contributed by atoms with Gasteiger partial charge >= 0.3 is 0 Å². The minimum absolute atomic E-state index is 0.889. The van der Waals surface area contributed by atoms with Gasteiger partial charge in [-0.1, -0.05) is 6.92 Å². The first-order valence-corrected chi connectivity index (χ1v) is 4.69. The normalized spacial score (nSPS) is 24.9. The lowest BCUT2D eigenvalue weighted by Crippen LogP contribution is -2.19. The van der Waals surface area contributed by atoms with E-state index in [1.54, 1.807) is 0 Å². The first-order valence-electron chi connectivity index (χ1n) is 4.69. The van der Waals surface area contributed by atoms with Gasteiger partial charge in [0, 0.05) is 25.0 Å². The summed E-state index contributed by atoms with van der Waals surface area (Å²) in [4.78, 5) is 5.75. The van der Waals surface area contributed by atoms with E-state index in [0.717, 1.165) is 12.5 Å². The maximum Gasteiger partial charge on any atom is 0.0385 e. The number of hydrogen-bond acceptors (Lipinski definition) is 1. The van der Waals surface area contributed by atoms with Crippen molar-refractivity contribution in [2.24, 2.45) is 5.92 Å². The second-order valence-corrected chi connectivity index (χ2v) is 3.82. The molecule has 2 heteroatoms. The molecule has 0 aromatic carbocycles. The third-order valence-electron chi connectivity index (χ3n) is 2.56. The van der Waals surface area contributed by atoms with Crippen LogP contribution in [0.2, 0.25) is 0 Å². The molecule has 1 aromatic heterocycles. The summed E-state index contributed by atoms with van der Waals surface area (Å²) in [5, 5.41) is 0. The lowest BCUT2D eigenvalue weighted by Gasteiger charge is -2.13. The van der Waals surface area contributed by atoms with Crippen molar-refractivity contribution < 1.29 is 0 Å². The Hall–Kier alpha value is -0.760. The van der Waals surface area contributed by atoms with Crippen molar-refractivity contribution in [2.75, 3.05) is 13.1 Å². The summed E-state index contributed by atoms with van der Waals surface area (Å²) in [6.45, 7) is 5.95. The number of likely N-dealkylation sites (tertiary alicyclic amines) is 1. The predicted octanol–water partition coefficient (Wildman–Crippen LogP) is 1.86. The van der Waals surface area contributed by atoms with Crippen molar-refractivity contribution in [3.63, 3.8) is 0 Å². The van der Waals surface area contributed by atoms with Gasteiger partial charge in [0.1, 0.15) is 0 Å². The van der Waals surface area contributed by atoms with Crippen LogP contribution in [0.3, 0.4) is 0 Å². The molecule has 1 N–H and O–H groups in total. The third kappa shape index (κ3) is 1.69. The molecular weight excluding hydrogens is 148 g/mol. The minimum atomic E-state index is 0.889. The Morgan fingerprint density at radius 3 is 3.17 bits per heavy atom. The zero-order valence-electron chi connectivity index (χ0n) is 7.59. The second kappa shape index (κ2) is 3.31. The summed E-state index contributed by atoms with van der Waals surface area (Å²) in [7, 11) is 0. The highest BCUT2D eigenvalue weighted by Crippen LogP contribution is 2.16. The van der Waals surface area contributed by atoms with E-state index in [-0.39, 0.29) is 0 Å². The molecule has 0 amide bonds. The van der Waals surface area contributed by atoms with Crippen LogP contribution in [0.4, 0.5) is 0 Å². The smallest absolute Gasteiger partial charge is 0.0385 e. The van der Waals surface area contributed by atoms with Gasteiger partial charge in [0.25, 0.3) is 0 Å². The molecule has 12 heavy (non-hydrogen) atoms. The quantitative estimate of drug-likeness (QED) is 0.707. The molecule has 1 fully saturated rings. The van der Waals surface area contributed by atoms with E-state index in [9.17, 15) is 0 Å². The molecule has 2 rings (SSSR count). The van der Waals surface area contributed by atoms with Gasteiger partial charge in [-0.15, -0.1) is 0 Å². The fourth-order valence-corrected chi connectivity index (χ4v) is 1.88. The van der Waals surface area contributed by atoms with E-state index in [4.69, 9.17) is 0 Å². The van der Waals surface area contributed by atoms with Crippen LogP contribution in [-0.2, 0) is 6.54 Å². The van der Waals surface area contributed by atoms with Crippen LogP contribution in [0.15, 0.2) is 18.3 Å². The summed E-state index contributed by atoms with van der Waals surface area (Å²) < 4.78 is 0. The lowest BCUT2D eigenvalue weighted by molar-refractivity contribution is 0.317. The van der Waals surface area contributed by atoms with Crippen LogP contribution >= 0.6 is 0 Å². The molecule has 0 radical (unpaired) electrons. The zero-order valence-corrected chi connectivity index (χ0v) is 7.59. The maximum atomic E-state index is 3.24. The number of nitrogens with one attached hydrogen (secondary N) is 1. The van der Waals surface area contributed by atoms with Gasteiger partial charge in [-0.3, -0.25) is 4.90 Å². The van der Waals surface area contributed by atoms with Crippen molar-refractivity contribution in [1.29, 1.82) is 0 Å². The largest absolute Gasteiger partial charge is 0.364 e. The summed E-state index contributed by atoms with van der Waals surface area (Å²) in [6, 6.07) is 4.22. The molecule has 66 valence electrons. The van der Waals surface area contributed by atoms with E-state index in [2.05, 4.69) is 28.9 Å². The summed E-state index contributed by atoms with van der Waals surface area (Å²) >= 11 is 0. The van der Waals surface area contributed by atoms with Crippen molar-refractivity contribution in [3.8, 4) is 0 Å². The standard InChI is InChI=1S/C10H16N2/c1-9-4-6-12(7-9)8-10-3-2-5-11-10/h2-3,5,9,11H,4,6-8H2,1H3. The first-order chi connectivity index (χ1) is 5.84. The van der Waals surface area contributed by atoms with Gasteiger partial charge in [0.2, 0.25) is 0 Å². The molecule has 0 saturated carbocycles. The molecule has 1 atom stereocenters. The van der Waals surface area contributed by atoms with Crippen molar-refractivity contribution in [3.05, 3.63) is 24.0 Å². The fraction of sp³-hybridized carbons (Fsp3) is 0.600. The molecule has 1 aliphatic rings.